The molecule has 0 saturated heterocycles. The lowest BCUT2D eigenvalue weighted by Gasteiger charge is -2.03. The molecule has 0 fully saturated rings. The van der Waals surface area contributed by atoms with Gasteiger partial charge in [-0.15, -0.1) is 0 Å². The number of aromatic hydroxyl groups is 1. The van der Waals surface area contributed by atoms with Crippen molar-refractivity contribution in [1.82, 2.24) is 9.55 Å². The van der Waals surface area contributed by atoms with Crippen molar-refractivity contribution < 1.29 is 5.11 Å². The van der Waals surface area contributed by atoms with Crippen LogP contribution in [0.2, 0.25) is 0 Å². The molecule has 0 unspecified atom stereocenters. The van der Waals surface area contributed by atoms with Crippen molar-refractivity contribution >= 4 is 15.9 Å². The first-order valence-electron chi connectivity index (χ1n) is 4.18. The molecule has 0 amide bonds. The minimum atomic E-state index is 0.273. The highest BCUT2D eigenvalue weighted by atomic mass is 79.9. The SMILES string of the molecule is Oc1cc(Br)cc(Cn2ccnc2)c1. The summed E-state index contributed by atoms with van der Waals surface area (Å²) in [7, 11) is 0. The predicted molar refractivity (Wildman–Crippen MR) is 57.1 cm³/mol. The van der Waals surface area contributed by atoms with E-state index in [9.17, 15) is 5.11 Å². The Labute approximate surface area is 90.2 Å². The first-order chi connectivity index (χ1) is 6.74. The second-order valence-electron chi connectivity index (χ2n) is 3.05. The number of aromatic nitrogens is 2. The summed E-state index contributed by atoms with van der Waals surface area (Å²) in [5.74, 6) is 0.273. The summed E-state index contributed by atoms with van der Waals surface area (Å²) in [5, 5.41) is 9.37. The van der Waals surface area contributed by atoms with Crippen molar-refractivity contribution in [3.05, 3.63) is 47.0 Å². The van der Waals surface area contributed by atoms with Gasteiger partial charge < -0.3 is 9.67 Å². The average molecular weight is 253 g/mol. The van der Waals surface area contributed by atoms with E-state index in [2.05, 4.69) is 20.9 Å². The number of phenols is 1. The van der Waals surface area contributed by atoms with Crippen LogP contribution < -0.4 is 0 Å². The smallest absolute Gasteiger partial charge is 0.117 e. The van der Waals surface area contributed by atoms with E-state index >= 15 is 0 Å². The lowest BCUT2D eigenvalue weighted by molar-refractivity contribution is 0.474. The molecule has 0 aliphatic heterocycles. The van der Waals surface area contributed by atoms with Crippen molar-refractivity contribution in [2.75, 3.05) is 0 Å². The molecule has 0 aliphatic carbocycles. The van der Waals surface area contributed by atoms with Gasteiger partial charge in [-0.1, -0.05) is 15.9 Å². The van der Waals surface area contributed by atoms with E-state index < -0.39 is 0 Å². The number of rotatable bonds is 2. The van der Waals surface area contributed by atoms with Gasteiger partial charge in [0.15, 0.2) is 0 Å². The van der Waals surface area contributed by atoms with Gasteiger partial charge in [0, 0.05) is 23.4 Å². The summed E-state index contributed by atoms with van der Waals surface area (Å²) < 4.78 is 2.83. The maximum absolute atomic E-state index is 9.37. The van der Waals surface area contributed by atoms with Gasteiger partial charge in [-0.3, -0.25) is 0 Å². The normalized spacial score (nSPS) is 10.4. The van der Waals surface area contributed by atoms with Crippen LogP contribution in [0.1, 0.15) is 5.56 Å². The molecule has 2 rings (SSSR count). The molecule has 1 aromatic heterocycles. The van der Waals surface area contributed by atoms with E-state index in [-0.39, 0.29) is 5.75 Å². The monoisotopic (exact) mass is 252 g/mol. The van der Waals surface area contributed by atoms with Crippen LogP contribution in [-0.2, 0) is 6.54 Å². The van der Waals surface area contributed by atoms with Crippen LogP contribution in [-0.4, -0.2) is 14.7 Å². The Morgan fingerprint density at radius 2 is 2.21 bits per heavy atom. The minimum absolute atomic E-state index is 0.273. The fraction of sp³-hybridized carbons (Fsp3) is 0.100. The lowest BCUT2D eigenvalue weighted by atomic mass is 10.2. The number of nitrogens with zero attached hydrogens (tertiary/aromatic N) is 2. The maximum Gasteiger partial charge on any atom is 0.117 e. The van der Waals surface area contributed by atoms with Crippen LogP contribution >= 0.6 is 15.9 Å². The van der Waals surface area contributed by atoms with E-state index in [1.54, 1.807) is 24.7 Å². The zero-order valence-electron chi connectivity index (χ0n) is 7.39. The Bertz CT molecular complexity index is 405. The topological polar surface area (TPSA) is 38.0 Å². The van der Waals surface area contributed by atoms with Gasteiger partial charge >= 0.3 is 0 Å². The molecule has 72 valence electrons. The minimum Gasteiger partial charge on any atom is -0.508 e. The molecule has 4 heteroatoms. The largest absolute Gasteiger partial charge is 0.508 e. The summed E-state index contributed by atoms with van der Waals surface area (Å²) >= 11 is 3.33. The Morgan fingerprint density at radius 1 is 1.36 bits per heavy atom. The van der Waals surface area contributed by atoms with E-state index in [1.165, 1.54) is 0 Å². The van der Waals surface area contributed by atoms with Crippen molar-refractivity contribution in [2.24, 2.45) is 0 Å². The number of halogens is 1. The Hall–Kier alpha value is -1.29. The molecule has 14 heavy (non-hydrogen) atoms. The number of benzene rings is 1. The van der Waals surface area contributed by atoms with Gasteiger partial charge in [-0.2, -0.15) is 0 Å². The highest BCUT2D eigenvalue weighted by molar-refractivity contribution is 9.10. The molecular weight excluding hydrogens is 244 g/mol. The molecule has 0 saturated carbocycles. The Kier molecular flexibility index (Phi) is 2.54. The molecule has 0 radical (unpaired) electrons. The summed E-state index contributed by atoms with van der Waals surface area (Å²) in [6.45, 7) is 0.715. The third-order valence-electron chi connectivity index (χ3n) is 1.87. The molecule has 0 spiro atoms. The number of phenolic OH excluding ortho intramolecular Hbond substituents is 1. The summed E-state index contributed by atoms with van der Waals surface area (Å²) in [6.07, 6.45) is 5.37. The first-order valence-corrected chi connectivity index (χ1v) is 4.97. The van der Waals surface area contributed by atoms with Crippen LogP contribution in [0.15, 0.2) is 41.4 Å². The van der Waals surface area contributed by atoms with Crippen molar-refractivity contribution in [3.63, 3.8) is 0 Å². The maximum atomic E-state index is 9.37. The fourth-order valence-corrected chi connectivity index (χ4v) is 1.84. The predicted octanol–water partition coefficient (Wildman–Crippen LogP) is 2.40. The first kappa shape index (κ1) is 9.27. The highest BCUT2D eigenvalue weighted by Crippen LogP contribution is 2.20. The Balaban J connectivity index is 2.25. The second-order valence-corrected chi connectivity index (χ2v) is 3.97. The second kappa shape index (κ2) is 3.84. The summed E-state index contributed by atoms with van der Waals surface area (Å²) in [5.41, 5.74) is 1.04. The van der Waals surface area contributed by atoms with Crippen LogP contribution in [0.4, 0.5) is 0 Å². The Morgan fingerprint density at radius 3 is 2.86 bits per heavy atom. The average Bonchev–Trinajstić information content (AvgIpc) is 2.54. The molecule has 3 nitrogen and oxygen atoms in total. The van der Waals surface area contributed by atoms with Crippen molar-refractivity contribution in [2.45, 2.75) is 6.54 Å². The molecule has 1 N–H and O–H groups in total. The van der Waals surface area contributed by atoms with Gasteiger partial charge in [0.1, 0.15) is 5.75 Å². The molecule has 2 aromatic rings. The fourth-order valence-electron chi connectivity index (χ4n) is 1.32. The van der Waals surface area contributed by atoms with Crippen molar-refractivity contribution in [3.8, 4) is 5.75 Å². The van der Waals surface area contributed by atoms with Gasteiger partial charge in [-0.25, -0.2) is 4.98 Å². The highest BCUT2D eigenvalue weighted by Gasteiger charge is 1.98. The van der Waals surface area contributed by atoms with Crippen LogP contribution in [0.3, 0.4) is 0 Å². The molecule has 0 bridgehead atoms. The van der Waals surface area contributed by atoms with E-state index in [1.807, 2.05) is 16.8 Å². The number of hydrogen-bond acceptors (Lipinski definition) is 2. The van der Waals surface area contributed by atoms with E-state index in [4.69, 9.17) is 0 Å². The van der Waals surface area contributed by atoms with Gasteiger partial charge in [0.05, 0.1) is 6.33 Å². The lowest BCUT2D eigenvalue weighted by Crippen LogP contribution is -1.95. The van der Waals surface area contributed by atoms with Crippen molar-refractivity contribution in [1.29, 1.82) is 0 Å². The zero-order valence-corrected chi connectivity index (χ0v) is 8.98. The van der Waals surface area contributed by atoms with Crippen LogP contribution in [0.5, 0.6) is 5.75 Å². The zero-order chi connectivity index (χ0) is 9.97. The summed E-state index contributed by atoms with van der Waals surface area (Å²) in [6, 6.07) is 5.38. The standard InChI is InChI=1S/C10H9BrN2O/c11-9-3-8(4-10(14)5-9)6-13-2-1-12-7-13/h1-5,7,14H,6H2. The molecular formula is C10H9BrN2O. The van der Waals surface area contributed by atoms with Gasteiger partial charge in [0.2, 0.25) is 0 Å². The quantitative estimate of drug-likeness (QED) is 0.892. The van der Waals surface area contributed by atoms with Gasteiger partial charge in [-0.05, 0) is 23.8 Å². The molecule has 1 aromatic carbocycles. The van der Waals surface area contributed by atoms with E-state index in [0.717, 1.165) is 10.0 Å². The summed E-state index contributed by atoms with van der Waals surface area (Å²) in [4.78, 5) is 3.95. The third kappa shape index (κ3) is 2.14. The molecule has 0 atom stereocenters. The van der Waals surface area contributed by atoms with Crippen LogP contribution in [0.25, 0.3) is 0 Å². The number of imidazole rings is 1. The number of hydrogen-bond donors (Lipinski definition) is 1. The molecule has 0 aliphatic rings. The third-order valence-corrected chi connectivity index (χ3v) is 2.32. The van der Waals surface area contributed by atoms with Gasteiger partial charge in [0.25, 0.3) is 0 Å². The molecule has 1 heterocycles. The van der Waals surface area contributed by atoms with E-state index in [0.29, 0.717) is 6.54 Å². The van der Waals surface area contributed by atoms with Crippen LogP contribution in [0, 0.1) is 0 Å².